The molecule has 22 heavy (non-hydrogen) atoms. The van der Waals surface area contributed by atoms with Gasteiger partial charge in [-0.1, -0.05) is 15.9 Å². The molecule has 1 aliphatic heterocycles. The molecule has 2 fully saturated rings. The summed E-state index contributed by atoms with van der Waals surface area (Å²) in [6, 6.07) is 5.85. The van der Waals surface area contributed by atoms with E-state index in [-0.39, 0.29) is 36.6 Å². The molecule has 1 aliphatic carbocycles. The normalized spacial score (nSPS) is 19.5. The van der Waals surface area contributed by atoms with Crippen molar-refractivity contribution in [1.29, 1.82) is 5.26 Å². The molecular formula is C15H20BrCl2N3O. The van der Waals surface area contributed by atoms with Crippen LogP contribution in [0.3, 0.4) is 0 Å². The van der Waals surface area contributed by atoms with Crippen molar-refractivity contribution in [3.8, 4) is 11.8 Å². The van der Waals surface area contributed by atoms with Crippen LogP contribution in [0.15, 0.2) is 16.6 Å². The molecule has 1 saturated heterocycles. The van der Waals surface area contributed by atoms with Gasteiger partial charge in [0.15, 0.2) is 0 Å². The van der Waals surface area contributed by atoms with Gasteiger partial charge in [-0.25, -0.2) is 0 Å². The number of nitriles is 1. The van der Waals surface area contributed by atoms with Gasteiger partial charge in [0.1, 0.15) is 11.8 Å². The van der Waals surface area contributed by atoms with E-state index in [0.29, 0.717) is 11.5 Å². The molecule has 4 nitrogen and oxygen atoms in total. The second kappa shape index (κ2) is 8.37. The van der Waals surface area contributed by atoms with Gasteiger partial charge in [-0.2, -0.15) is 5.26 Å². The first-order valence-electron chi connectivity index (χ1n) is 7.08. The Kier molecular flexibility index (Phi) is 7.43. The highest BCUT2D eigenvalue weighted by molar-refractivity contribution is 9.10. The van der Waals surface area contributed by atoms with Crippen molar-refractivity contribution in [2.75, 3.05) is 26.2 Å². The number of nitrogens with zero attached hydrogens (tertiary/aromatic N) is 2. The third-order valence-electron chi connectivity index (χ3n) is 4.19. The van der Waals surface area contributed by atoms with Crippen molar-refractivity contribution in [3.05, 3.63) is 27.7 Å². The maximum atomic E-state index is 10.5. The van der Waals surface area contributed by atoms with E-state index in [2.05, 4.69) is 32.2 Å². The molecule has 2 aliphatic rings. The van der Waals surface area contributed by atoms with Gasteiger partial charge in [-0.05, 0) is 30.9 Å². The number of phenols is 1. The lowest BCUT2D eigenvalue weighted by Crippen LogP contribution is -2.45. The van der Waals surface area contributed by atoms with Crippen LogP contribution in [0.4, 0.5) is 0 Å². The minimum absolute atomic E-state index is 0. The topological polar surface area (TPSA) is 59.3 Å². The van der Waals surface area contributed by atoms with Crippen molar-refractivity contribution in [3.63, 3.8) is 0 Å². The number of benzene rings is 1. The number of rotatable bonds is 3. The molecule has 1 atom stereocenters. The van der Waals surface area contributed by atoms with Crippen LogP contribution in [-0.4, -0.2) is 36.2 Å². The van der Waals surface area contributed by atoms with Crippen LogP contribution in [0.1, 0.15) is 30.0 Å². The second-order valence-electron chi connectivity index (χ2n) is 5.54. The van der Waals surface area contributed by atoms with Crippen molar-refractivity contribution in [2.24, 2.45) is 5.92 Å². The van der Waals surface area contributed by atoms with Crippen LogP contribution in [0.2, 0.25) is 0 Å². The first-order valence-corrected chi connectivity index (χ1v) is 7.88. The number of halogens is 3. The Morgan fingerprint density at radius 2 is 1.91 bits per heavy atom. The van der Waals surface area contributed by atoms with Crippen molar-refractivity contribution in [2.45, 2.75) is 18.9 Å². The average molecular weight is 409 g/mol. The van der Waals surface area contributed by atoms with Gasteiger partial charge in [0.2, 0.25) is 0 Å². The fraction of sp³-hybridized carbons (Fsp3) is 0.533. The van der Waals surface area contributed by atoms with E-state index in [4.69, 9.17) is 5.26 Å². The summed E-state index contributed by atoms with van der Waals surface area (Å²) >= 11 is 3.56. The minimum atomic E-state index is 0. The monoisotopic (exact) mass is 407 g/mol. The molecule has 1 aromatic rings. The molecule has 1 saturated carbocycles. The predicted molar refractivity (Wildman–Crippen MR) is 94.9 cm³/mol. The molecular weight excluding hydrogens is 389 g/mol. The zero-order valence-corrected chi connectivity index (χ0v) is 15.3. The molecule has 2 N–H and O–H groups in total. The van der Waals surface area contributed by atoms with Gasteiger partial charge in [0.25, 0.3) is 0 Å². The van der Waals surface area contributed by atoms with Gasteiger partial charge in [0.05, 0.1) is 5.56 Å². The van der Waals surface area contributed by atoms with Crippen LogP contribution in [0.5, 0.6) is 5.75 Å². The third-order valence-corrected chi connectivity index (χ3v) is 4.89. The van der Waals surface area contributed by atoms with Crippen LogP contribution in [0.25, 0.3) is 0 Å². The highest BCUT2D eigenvalue weighted by Gasteiger charge is 2.39. The van der Waals surface area contributed by atoms with E-state index >= 15 is 0 Å². The molecule has 1 heterocycles. The predicted octanol–water partition coefficient (Wildman–Crippen LogP) is 3.23. The lowest BCUT2D eigenvalue weighted by atomic mass is 9.96. The maximum absolute atomic E-state index is 10.5. The lowest BCUT2D eigenvalue weighted by Gasteiger charge is -2.36. The summed E-state index contributed by atoms with van der Waals surface area (Å²) in [5, 5.41) is 22.9. The van der Waals surface area contributed by atoms with Crippen molar-refractivity contribution >= 4 is 40.7 Å². The minimum Gasteiger partial charge on any atom is -0.506 e. The van der Waals surface area contributed by atoms with Crippen molar-refractivity contribution < 1.29 is 5.11 Å². The molecule has 122 valence electrons. The number of nitrogens with one attached hydrogen (secondary N) is 1. The standard InChI is InChI=1S/C15H18BrN3O.2ClH/c16-12-4-3-11(9-17)15(20)13(12)14(10-1-2-10)19-7-5-18-6-8-19;;/h3-4,10,14,18,20H,1-2,5-8H2;2*1H/t14-;;/m1../s1. The summed E-state index contributed by atoms with van der Waals surface area (Å²) in [5.74, 6) is 0.751. The summed E-state index contributed by atoms with van der Waals surface area (Å²) in [6.07, 6.45) is 2.41. The summed E-state index contributed by atoms with van der Waals surface area (Å²) in [6.45, 7) is 3.95. The molecule has 1 aromatic carbocycles. The van der Waals surface area contributed by atoms with E-state index < -0.39 is 0 Å². The second-order valence-corrected chi connectivity index (χ2v) is 6.39. The highest BCUT2D eigenvalue weighted by Crippen LogP contribution is 2.49. The first-order chi connectivity index (χ1) is 9.72. The smallest absolute Gasteiger partial charge is 0.139 e. The van der Waals surface area contributed by atoms with Crippen LogP contribution in [-0.2, 0) is 0 Å². The first kappa shape index (κ1) is 19.5. The fourth-order valence-corrected chi connectivity index (χ4v) is 3.60. The number of phenolic OH excluding ortho intramolecular Hbond substituents is 1. The van der Waals surface area contributed by atoms with E-state index in [9.17, 15) is 5.11 Å². The number of hydrogen-bond donors (Lipinski definition) is 2. The van der Waals surface area contributed by atoms with E-state index in [1.54, 1.807) is 6.07 Å². The van der Waals surface area contributed by atoms with Crippen LogP contribution in [0, 0.1) is 17.2 Å². The summed E-state index contributed by atoms with van der Waals surface area (Å²) in [5.41, 5.74) is 1.26. The molecule has 0 radical (unpaired) electrons. The maximum Gasteiger partial charge on any atom is 0.139 e. The molecule has 0 aromatic heterocycles. The Morgan fingerprint density at radius 3 is 2.45 bits per heavy atom. The summed E-state index contributed by atoms with van der Waals surface area (Å²) in [7, 11) is 0. The third kappa shape index (κ3) is 3.87. The van der Waals surface area contributed by atoms with Gasteiger partial charge >= 0.3 is 0 Å². The SMILES string of the molecule is Cl.Cl.N#Cc1ccc(Br)c([C@@H](C2CC2)N2CCNCC2)c1O. The molecule has 0 amide bonds. The van der Waals surface area contributed by atoms with Gasteiger partial charge in [-0.15, -0.1) is 24.8 Å². The van der Waals surface area contributed by atoms with Gasteiger partial charge in [-0.3, -0.25) is 4.90 Å². The van der Waals surface area contributed by atoms with Crippen LogP contribution < -0.4 is 5.32 Å². The number of hydrogen-bond acceptors (Lipinski definition) is 4. The Labute approximate surface area is 151 Å². The molecule has 0 bridgehead atoms. The summed E-state index contributed by atoms with van der Waals surface area (Å²) < 4.78 is 0.907. The zero-order valence-electron chi connectivity index (χ0n) is 12.1. The number of piperazine rings is 1. The van der Waals surface area contributed by atoms with Gasteiger partial charge in [0, 0.05) is 42.3 Å². The Morgan fingerprint density at radius 1 is 1.27 bits per heavy atom. The van der Waals surface area contributed by atoms with Crippen LogP contribution >= 0.6 is 40.7 Å². The fourth-order valence-electron chi connectivity index (χ4n) is 3.04. The number of aromatic hydroxyl groups is 1. The van der Waals surface area contributed by atoms with E-state index in [1.807, 2.05) is 6.07 Å². The molecule has 3 rings (SSSR count). The molecule has 0 unspecified atom stereocenters. The highest BCUT2D eigenvalue weighted by atomic mass is 79.9. The molecule has 7 heteroatoms. The Hall–Kier alpha value is -0.510. The van der Waals surface area contributed by atoms with Gasteiger partial charge < -0.3 is 10.4 Å². The van der Waals surface area contributed by atoms with E-state index in [0.717, 1.165) is 36.2 Å². The largest absolute Gasteiger partial charge is 0.506 e. The Bertz CT molecular complexity index is 554. The lowest BCUT2D eigenvalue weighted by molar-refractivity contribution is 0.153. The van der Waals surface area contributed by atoms with Crippen molar-refractivity contribution in [1.82, 2.24) is 10.2 Å². The van der Waals surface area contributed by atoms with E-state index in [1.165, 1.54) is 12.8 Å². The average Bonchev–Trinajstić information content (AvgIpc) is 3.29. The quantitative estimate of drug-likeness (QED) is 0.805. The summed E-state index contributed by atoms with van der Waals surface area (Å²) in [4.78, 5) is 2.44. The Balaban J connectivity index is 0.00000121. The zero-order chi connectivity index (χ0) is 14.1. The molecule has 0 spiro atoms.